The molecule has 1 aromatic heterocycles. The lowest BCUT2D eigenvalue weighted by atomic mass is 10.3. The predicted molar refractivity (Wildman–Crippen MR) is 38.9 cm³/mol. The van der Waals surface area contributed by atoms with Crippen LogP contribution >= 0.6 is 27.5 Å². The summed E-state index contributed by atoms with van der Waals surface area (Å²) in [5.41, 5.74) is 0.927. The van der Waals surface area contributed by atoms with Crippen LogP contribution in [0.5, 0.6) is 0 Å². The maximum absolute atomic E-state index is 5.61. The number of alkyl halides is 1. The van der Waals surface area contributed by atoms with Crippen molar-refractivity contribution in [1.82, 2.24) is 5.16 Å². The van der Waals surface area contributed by atoms with E-state index >= 15 is 0 Å². The highest BCUT2D eigenvalue weighted by molar-refractivity contribution is 9.08. The van der Waals surface area contributed by atoms with Crippen LogP contribution in [0.25, 0.3) is 0 Å². The van der Waals surface area contributed by atoms with Crippen LogP contribution in [0.15, 0.2) is 4.52 Å². The minimum absolute atomic E-state index is 0.448. The van der Waals surface area contributed by atoms with Gasteiger partial charge in [-0.3, -0.25) is 0 Å². The summed E-state index contributed by atoms with van der Waals surface area (Å²) in [6.45, 7) is 1.83. The molecule has 1 rings (SSSR count). The minimum Gasteiger partial charge on any atom is -0.360 e. The van der Waals surface area contributed by atoms with Gasteiger partial charge in [0.1, 0.15) is 5.76 Å². The van der Waals surface area contributed by atoms with Crippen LogP contribution < -0.4 is 0 Å². The molecule has 1 heterocycles. The Morgan fingerprint density at radius 3 is 2.67 bits per heavy atom. The van der Waals surface area contributed by atoms with Crippen molar-refractivity contribution in [3.63, 3.8) is 0 Å². The van der Waals surface area contributed by atoms with Gasteiger partial charge in [-0.15, -0.1) is 0 Å². The molecule has 0 unspecified atom stereocenters. The van der Waals surface area contributed by atoms with Crippen molar-refractivity contribution in [2.45, 2.75) is 12.3 Å². The van der Waals surface area contributed by atoms with Crippen molar-refractivity contribution < 1.29 is 4.52 Å². The number of hydrogen-bond acceptors (Lipinski definition) is 2. The number of aryl methyl sites for hydroxylation is 1. The molecular weight excluding hydrogens is 205 g/mol. The lowest BCUT2D eigenvalue weighted by Crippen LogP contribution is -1.75. The van der Waals surface area contributed by atoms with Crippen molar-refractivity contribution in [2.24, 2.45) is 0 Å². The van der Waals surface area contributed by atoms with E-state index in [1.807, 2.05) is 6.92 Å². The second-order valence-electron chi connectivity index (χ2n) is 1.64. The van der Waals surface area contributed by atoms with E-state index in [1.54, 1.807) is 0 Å². The SMILES string of the molecule is Cc1onc(Cl)c1CBr. The van der Waals surface area contributed by atoms with E-state index in [4.69, 9.17) is 16.1 Å². The van der Waals surface area contributed by atoms with Gasteiger partial charge in [-0.25, -0.2) is 0 Å². The maximum atomic E-state index is 5.61. The molecule has 0 amide bonds. The molecule has 0 bridgehead atoms. The Labute approximate surface area is 66.3 Å². The Hall–Kier alpha value is -0.0200. The number of halogens is 2. The van der Waals surface area contributed by atoms with E-state index in [0.717, 1.165) is 11.3 Å². The highest BCUT2D eigenvalue weighted by atomic mass is 79.9. The molecule has 2 nitrogen and oxygen atoms in total. The lowest BCUT2D eigenvalue weighted by Gasteiger charge is -1.85. The molecule has 4 heteroatoms. The molecule has 0 saturated heterocycles. The monoisotopic (exact) mass is 209 g/mol. The fourth-order valence-electron chi connectivity index (χ4n) is 0.513. The molecule has 0 aromatic carbocycles. The summed E-state index contributed by atoms with van der Waals surface area (Å²) >= 11 is 8.86. The van der Waals surface area contributed by atoms with Gasteiger partial charge in [0, 0.05) is 10.9 Å². The first kappa shape index (κ1) is 7.09. The van der Waals surface area contributed by atoms with Crippen LogP contribution in [0.2, 0.25) is 5.15 Å². The zero-order valence-electron chi connectivity index (χ0n) is 4.82. The fraction of sp³-hybridized carbons (Fsp3) is 0.400. The molecule has 0 fully saturated rings. The van der Waals surface area contributed by atoms with E-state index in [9.17, 15) is 0 Å². The van der Waals surface area contributed by atoms with Crippen LogP contribution in [-0.4, -0.2) is 5.16 Å². The maximum Gasteiger partial charge on any atom is 0.176 e. The second kappa shape index (κ2) is 2.71. The third kappa shape index (κ3) is 1.27. The van der Waals surface area contributed by atoms with E-state index < -0.39 is 0 Å². The molecule has 1 aromatic rings. The standard InChI is InChI=1S/C5H5BrClNO/c1-3-4(2-6)5(7)8-9-3/h2H2,1H3. The Morgan fingerprint density at radius 1 is 1.78 bits per heavy atom. The normalized spacial score (nSPS) is 10.1. The average molecular weight is 210 g/mol. The lowest BCUT2D eigenvalue weighted by molar-refractivity contribution is 0.397. The van der Waals surface area contributed by atoms with Crippen molar-refractivity contribution in [1.29, 1.82) is 0 Å². The second-order valence-corrected chi connectivity index (χ2v) is 2.56. The van der Waals surface area contributed by atoms with Crippen molar-refractivity contribution in [3.05, 3.63) is 16.5 Å². The Kier molecular flexibility index (Phi) is 2.13. The number of hydrogen-bond donors (Lipinski definition) is 0. The van der Waals surface area contributed by atoms with Crippen LogP contribution in [0.4, 0.5) is 0 Å². The molecule has 50 valence electrons. The first-order valence-corrected chi connectivity index (χ1v) is 3.92. The van der Waals surface area contributed by atoms with Crippen molar-refractivity contribution >= 4 is 27.5 Å². The zero-order chi connectivity index (χ0) is 6.85. The van der Waals surface area contributed by atoms with Crippen LogP contribution in [0.1, 0.15) is 11.3 Å². The summed E-state index contributed by atoms with van der Waals surface area (Å²) in [5, 5.41) is 4.69. The Bertz CT molecular complexity index is 191. The molecule has 9 heavy (non-hydrogen) atoms. The largest absolute Gasteiger partial charge is 0.360 e. The summed E-state index contributed by atoms with van der Waals surface area (Å²) in [4.78, 5) is 0. The number of aromatic nitrogens is 1. The van der Waals surface area contributed by atoms with Gasteiger partial charge in [0.15, 0.2) is 5.15 Å². The summed E-state index contributed by atoms with van der Waals surface area (Å²) in [6.07, 6.45) is 0. The van der Waals surface area contributed by atoms with Gasteiger partial charge in [-0.2, -0.15) is 0 Å². The van der Waals surface area contributed by atoms with Crippen molar-refractivity contribution in [2.75, 3.05) is 0 Å². The van der Waals surface area contributed by atoms with Crippen LogP contribution in [-0.2, 0) is 5.33 Å². The molecule has 0 radical (unpaired) electrons. The molecule has 0 atom stereocenters. The number of rotatable bonds is 1. The van der Waals surface area contributed by atoms with E-state index in [2.05, 4.69) is 21.1 Å². The summed E-state index contributed by atoms with van der Waals surface area (Å²) in [6, 6.07) is 0. The summed E-state index contributed by atoms with van der Waals surface area (Å²) in [7, 11) is 0. The molecule has 0 N–H and O–H groups in total. The molecular formula is C5H5BrClNO. The fourth-order valence-corrected chi connectivity index (χ4v) is 1.57. The average Bonchev–Trinajstić information content (AvgIpc) is 2.12. The van der Waals surface area contributed by atoms with E-state index in [-0.39, 0.29) is 0 Å². The van der Waals surface area contributed by atoms with E-state index in [0.29, 0.717) is 10.5 Å². The van der Waals surface area contributed by atoms with Gasteiger partial charge in [-0.05, 0) is 6.92 Å². The highest BCUT2D eigenvalue weighted by Gasteiger charge is 2.07. The Balaban J connectivity index is 3.07. The first-order valence-electron chi connectivity index (χ1n) is 2.42. The minimum atomic E-state index is 0.448. The summed E-state index contributed by atoms with van der Waals surface area (Å²) < 4.78 is 4.77. The smallest absolute Gasteiger partial charge is 0.176 e. The van der Waals surface area contributed by atoms with Gasteiger partial charge >= 0.3 is 0 Å². The van der Waals surface area contributed by atoms with Gasteiger partial charge in [0.25, 0.3) is 0 Å². The first-order chi connectivity index (χ1) is 4.25. The van der Waals surface area contributed by atoms with Crippen molar-refractivity contribution in [3.8, 4) is 0 Å². The quantitative estimate of drug-likeness (QED) is 0.666. The predicted octanol–water partition coefficient (Wildman–Crippen LogP) is 2.53. The zero-order valence-corrected chi connectivity index (χ0v) is 7.16. The number of nitrogens with zero attached hydrogens (tertiary/aromatic N) is 1. The third-order valence-corrected chi connectivity index (χ3v) is 1.93. The van der Waals surface area contributed by atoms with Crippen LogP contribution in [0, 0.1) is 6.92 Å². The van der Waals surface area contributed by atoms with Gasteiger partial charge in [0.2, 0.25) is 0 Å². The van der Waals surface area contributed by atoms with E-state index in [1.165, 1.54) is 0 Å². The van der Waals surface area contributed by atoms with Gasteiger partial charge in [-0.1, -0.05) is 32.7 Å². The molecule has 0 aliphatic carbocycles. The molecule has 0 spiro atoms. The molecule has 0 aliphatic heterocycles. The van der Waals surface area contributed by atoms with Crippen LogP contribution in [0.3, 0.4) is 0 Å². The summed E-state index contributed by atoms with van der Waals surface area (Å²) in [5.74, 6) is 0.775. The third-order valence-electron chi connectivity index (χ3n) is 1.07. The molecule has 0 saturated carbocycles. The molecule has 0 aliphatic rings. The van der Waals surface area contributed by atoms with Gasteiger partial charge < -0.3 is 4.52 Å². The Morgan fingerprint density at radius 2 is 2.44 bits per heavy atom. The topological polar surface area (TPSA) is 26.0 Å². The van der Waals surface area contributed by atoms with Gasteiger partial charge in [0.05, 0.1) is 0 Å². The highest BCUT2D eigenvalue weighted by Crippen LogP contribution is 2.20.